The number of ketones is 1. The standard InChI is InChI=1S/C15H16N2O5S2/c1-8(18)15(14(21)22)6-16-12(20)11(13(16)24-7-15)17(9(2)19)10-4-3-5-23-10/h3-5,11,13H,6-7H2,1-2H3,(H,21,22)/t11?,13-,15?/m1/s1. The van der Waals surface area contributed by atoms with Crippen LogP contribution in [0.1, 0.15) is 13.8 Å². The predicted molar refractivity (Wildman–Crippen MR) is 90.0 cm³/mol. The minimum absolute atomic E-state index is 0.0960. The molecule has 0 aliphatic carbocycles. The Morgan fingerprint density at radius 2 is 2.08 bits per heavy atom. The number of aliphatic carboxylic acids is 1. The van der Waals surface area contributed by atoms with Crippen molar-refractivity contribution < 1.29 is 24.3 Å². The number of rotatable bonds is 4. The van der Waals surface area contributed by atoms with Gasteiger partial charge in [-0.25, -0.2) is 0 Å². The molecule has 2 aliphatic heterocycles. The van der Waals surface area contributed by atoms with Crippen molar-refractivity contribution in [3.05, 3.63) is 17.5 Å². The fraction of sp³-hybridized carbons (Fsp3) is 0.467. The van der Waals surface area contributed by atoms with Gasteiger partial charge in [-0.1, -0.05) is 0 Å². The largest absolute Gasteiger partial charge is 0.480 e. The molecule has 2 amide bonds. The van der Waals surface area contributed by atoms with Crippen LogP contribution < -0.4 is 4.90 Å². The summed E-state index contributed by atoms with van der Waals surface area (Å²) < 4.78 is 0. The van der Waals surface area contributed by atoms with Crippen LogP contribution in [0.5, 0.6) is 0 Å². The molecule has 24 heavy (non-hydrogen) atoms. The number of thioether (sulfide) groups is 1. The maximum atomic E-state index is 12.6. The van der Waals surface area contributed by atoms with Crippen molar-refractivity contribution in [2.45, 2.75) is 25.3 Å². The molecule has 7 nitrogen and oxygen atoms in total. The van der Waals surface area contributed by atoms with Gasteiger partial charge in [0.05, 0.1) is 5.00 Å². The van der Waals surface area contributed by atoms with Gasteiger partial charge < -0.3 is 10.0 Å². The van der Waals surface area contributed by atoms with E-state index in [4.69, 9.17) is 0 Å². The first-order valence-electron chi connectivity index (χ1n) is 7.29. The molecular weight excluding hydrogens is 352 g/mol. The number of nitrogens with zero attached hydrogens (tertiary/aromatic N) is 2. The van der Waals surface area contributed by atoms with Gasteiger partial charge in [-0.05, 0) is 24.4 Å². The molecule has 2 fully saturated rings. The van der Waals surface area contributed by atoms with Crippen LogP contribution in [-0.2, 0) is 19.2 Å². The fourth-order valence-corrected chi connectivity index (χ4v) is 5.51. The zero-order chi connectivity index (χ0) is 17.6. The highest BCUT2D eigenvalue weighted by atomic mass is 32.2. The highest BCUT2D eigenvalue weighted by Crippen LogP contribution is 2.45. The molecule has 0 aromatic carbocycles. The Morgan fingerprint density at radius 3 is 2.58 bits per heavy atom. The molecule has 1 N–H and O–H groups in total. The van der Waals surface area contributed by atoms with Crippen molar-refractivity contribution in [2.24, 2.45) is 5.41 Å². The van der Waals surface area contributed by atoms with E-state index in [1.54, 1.807) is 12.1 Å². The van der Waals surface area contributed by atoms with Crippen molar-refractivity contribution in [1.29, 1.82) is 0 Å². The number of amides is 2. The second-order valence-electron chi connectivity index (χ2n) is 5.90. The van der Waals surface area contributed by atoms with Crippen LogP contribution in [0.25, 0.3) is 0 Å². The lowest BCUT2D eigenvalue weighted by Crippen LogP contribution is -2.75. The van der Waals surface area contributed by atoms with Gasteiger partial charge >= 0.3 is 5.97 Å². The number of β-lactam (4-membered cyclic amide) rings is 1. The Kier molecular flexibility index (Phi) is 4.16. The van der Waals surface area contributed by atoms with Crippen molar-refractivity contribution in [2.75, 3.05) is 17.2 Å². The van der Waals surface area contributed by atoms with E-state index in [2.05, 4.69) is 0 Å². The molecule has 0 bridgehead atoms. The number of carboxylic acid groups (broad SMARTS) is 1. The Bertz CT molecular complexity index is 703. The SMILES string of the molecule is CC(=O)N(c1cccs1)C1C(=O)N2CC(C(C)=O)(C(=O)O)CS[C@H]12. The third kappa shape index (κ3) is 2.34. The van der Waals surface area contributed by atoms with Gasteiger partial charge in [-0.2, -0.15) is 0 Å². The van der Waals surface area contributed by atoms with Gasteiger partial charge in [0.15, 0.2) is 5.41 Å². The zero-order valence-corrected chi connectivity index (χ0v) is 14.7. The molecule has 3 rings (SSSR count). The summed E-state index contributed by atoms with van der Waals surface area (Å²) in [6.45, 7) is 2.51. The van der Waals surface area contributed by atoms with Crippen LogP contribution in [0.4, 0.5) is 5.00 Å². The molecule has 2 unspecified atom stereocenters. The van der Waals surface area contributed by atoms with Gasteiger partial charge in [0.25, 0.3) is 0 Å². The van der Waals surface area contributed by atoms with Gasteiger partial charge in [-0.15, -0.1) is 23.1 Å². The number of anilines is 1. The minimum Gasteiger partial charge on any atom is -0.480 e. The summed E-state index contributed by atoms with van der Waals surface area (Å²) >= 11 is 2.61. The number of carbonyl (C=O) groups excluding carboxylic acids is 3. The summed E-state index contributed by atoms with van der Waals surface area (Å²) in [5, 5.41) is 11.6. The normalized spacial score (nSPS) is 28.8. The van der Waals surface area contributed by atoms with E-state index < -0.39 is 23.2 Å². The lowest BCUT2D eigenvalue weighted by Gasteiger charge is -2.55. The third-order valence-electron chi connectivity index (χ3n) is 4.50. The predicted octanol–water partition coefficient (Wildman–Crippen LogP) is 1.04. The van der Waals surface area contributed by atoms with Crippen molar-refractivity contribution in [3.63, 3.8) is 0 Å². The van der Waals surface area contributed by atoms with Crippen molar-refractivity contribution in [1.82, 2.24) is 4.90 Å². The van der Waals surface area contributed by atoms with Gasteiger partial charge in [0.1, 0.15) is 17.2 Å². The molecule has 0 saturated carbocycles. The first-order chi connectivity index (χ1) is 11.3. The lowest BCUT2D eigenvalue weighted by molar-refractivity contribution is -0.160. The molecular formula is C15H16N2O5S2. The van der Waals surface area contributed by atoms with Crippen LogP contribution >= 0.6 is 23.1 Å². The Morgan fingerprint density at radius 1 is 1.38 bits per heavy atom. The first-order valence-corrected chi connectivity index (χ1v) is 9.22. The molecule has 0 spiro atoms. The highest BCUT2D eigenvalue weighted by Gasteiger charge is 2.61. The second kappa shape index (κ2) is 5.89. The number of Topliss-reactive ketones (excluding diaryl/α,β-unsaturated/α-hetero) is 1. The average Bonchev–Trinajstić information content (AvgIpc) is 3.04. The Labute approximate surface area is 146 Å². The zero-order valence-electron chi connectivity index (χ0n) is 13.1. The minimum atomic E-state index is -1.56. The van der Waals surface area contributed by atoms with E-state index in [0.29, 0.717) is 5.00 Å². The molecule has 0 radical (unpaired) electrons. The molecule has 1 aromatic heterocycles. The summed E-state index contributed by atoms with van der Waals surface area (Å²) in [5.41, 5.74) is -1.56. The topological polar surface area (TPSA) is 95.0 Å². The molecule has 3 heterocycles. The van der Waals surface area contributed by atoms with Crippen LogP contribution in [0, 0.1) is 5.41 Å². The van der Waals surface area contributed by atoms with Gasteiger partial charge in [0.2, 0.25) is 11.8 Å². The quantitative estimate of drug-likeness (QED) is 0.630. The van der Waals surface area contributed by atoms with E-state index >= 15 is 0 Å². The number of carbonyl (C=O) groups is 4. The highest BCUT2D eigenvalue weighted by molar-refractivity contribution is 8.00. The van der Waals surface area contributed by atoms with Crippen molar-refractivity contribution in [3.8, 4) is 0 Å². The van der Waals surface area contributed by atoms with E-state index in [9.17, 15) is 24.3 Å². The molecule has 3 atom stereocenters. The first kappa shape index (κ1) is 17.0. The van der Waals surface area contributed by atoms with Crippen LogP contribution in [-0.4, -0.2) is 57.3 Å². The number of hydrogen-bond acceptors (Lipinski definition) is 6. The lowest BCUT2D eigenvalue weighted by atomic mass is 9.83. The summed E-state index contributed by atoms with van der Waals surface area (Å²) in [6, 6.07) is 2.92. The smallest absolute Gasteiger partial charge is 0.319 e. The molecule has 9 heteroatoms. The summed E-state index contributed by atoms with van der Waals surface area (Å²) in [4.78, 5) is 50.9. The Hall–Kier alpha value is -1.87. The van der Waals surface area contributed by atoms with Crippen molar-refractivity contribution >= 4 is 51.7 Å². The van der Waals surface area contributed by atoms with Crippen LogP contribution in [0.15, 0.2) is 17.5 Å². The van der Waals surface area contributed by atoms with Gasteiger partial charge in [-0.3, -0.25) is 24.1 Å². The number of thiophene rings is 1. The second-order valence-corrected chi connectivity index (χ2v) is 7.93. The molecule has 2 aliphatic rings. The third-order valence-corrected chi connectivity index (χ3v) is 6.88. The van der Waals surface area contributed by atoms with Crippen LogP contribution in [0.2, 0.25) is 0 Å². The van der Waals surface area contributed by atoms with Gasteiger partial charge in [0, 0.05) is 19.2 Å². The number of carboxylic acids is 1. The number of fused-ring (bicyclic) bond motifs is 1. The van der Waals surface area contributed by atoms with E-state index in [0.717, 1.165) is 0 Å². The van der Waals surface area contributed by atoms with E-state index in [1.807, 2.05) is 5.38 Å². The maximum Gasteiger partial charge on any atom is 0.319 e. The summed E-state index contributed by atoms with van der Waals surface area (Å²) in [5.74, 6) is -2.13. The van der Waals surface area contributed by atoms with E-state index in [-0.39, 0.29) is 29.5 Å². The maximum absolute atomic E-state index is 12.6. The Balaban J connectivity index is 1.86. The molecule has 1 aromatic rings. The number of hydrogen-bond donors (Lipinski definition) is 1. The average molecular weight is 368 g/mol. The molecule has 128 valence electrons. The summed E-state index contributed by atoms with van der Waals surface area (Å²) in [6.07, 6.45) is 0. The van der Waals surface area contributed by atoms with Crippen LogP contribution in [0.3, 0.4) is 0 Å². The summed E-state index contributed by atoms with van der Waals surface area (Å²) in [7, 11) is 0. The monoisotopic (exact) mass is 368 g/mol. The fourth-order valence-electron chi connectivity index (χ4n) is 3.04. The molecule has 2 saturated heterocycles. The van der Waals surface area contributed by atoms with E-state index in [1.165, 1.54) is 46.7 Å².